The van der Waals surface area contributed by atoms with Gasteiger partial charge < -0.3 is 10.4 Å². The van der Waals surface area contributed by atoms with E-state index in [4.69, 9.17) is 21.5 Å². The third-order valence-electron chi connectivity index (χ3n) is 3.57. The number of anilines is 2. The molecule has 1 atom stereocenters. The van der Waals surface area contributed by atoms with Crippen LogP contribution in [0.25, 0.3) is 0 Å². The number of benzene rings is 2. The molecule has 10 heteroatoms. The smallest absolute Gasteiger partial charge is 0.277 e. The lowest BCUT2D eigenvalue weighted by molar-refractivity contribution is -0.0408. The Labute approximate surface area is 181 Å². The number of hydrogen-bond acceptors (Lipinski definition) is 4. The molecule has 0 aliphatic carbocycles. The Kier molecular flexibility index (Phi) is 8.22. The van der Waals surface area contributed by atoms with Gasteiger partial charge in [-0.3, -0.25) is 9.63 Å². The average Bonchev–Trinajstić information content (AvgIpc) is 2.64. The lowest BCUT2D eigenvalue weighted by atomic mass is 10.1. The topological polar surface area (TPSA) is 70.6 Å². The third kappa shape index (κ3) is 5.50. The van der Waals surface area contributed by atoms with Crippen LogP contribution in [0.1, 0.15) is 23.7 Å². The maximum atomic E-state index is 14.5. The summed E-state index contributed by atoms with van der Waals surface area (Å²) in [6.07, 6.45) is -0.175. The van der Waals surface area contributed by atoms with Crippen molar-refractivity contribution in [3.8, 4) is 0 Å². The Balaban J connectivity index is 2.40. The van der Waals surface area contributed by atoms with E-state index in [0.717, 1.165) is 9.64 Å². The minimum atomic E-state index is -1.25. The fourth-order valence-electron chi connectivity index (χ4n) is 2.06. The van der Waals surface area contributed by atoms with Gasteiger partial charge in [0.25, 0.3) is 5.91 Å². The first-order valence-corrected chi connectivity index (χ1v) is 9.99. The highest BCUT2D eigenvalue weighted by Gasteiger charge is 2.23. The molecule has 0 saturated heterocycles. The SMILES string of the molecule is CCC(CO)ONC(=O)c1cc(Br)c(F)c(F)c1Nc1ccc(I)cc1Cl. The van der Waals surface area contributed by atoms with Gasteiger partial charge in [0.2, 0.25) is 0 Å². The summed E-state index contributed by atoms with van der Waals surface area (Å²) in [4.78, 5) is 17.5. The first kappa shape index (κ1) is 22.3. The highest BCUT2D eigenvalue weighted by Crippen LogP contribution is 2.34. The summed E-state index contributed by atoms with van der Waals surface area (Å²) in [5, 5.41) is 12.1. The zero-order chi connectivity index (χ0) is 20.1. The first-order chi connectivity index (χ1) is 12.8. The number of carbonyl (C=O) groups is 1. The molecule has 0 fully saturated rings. The van der Waals surface area contributed by atoms with Gasteiger partial charge in [0, 0.05) is 3.57 Å². The molecular weight excluding hydrogens is 560 g/mol. The van der Waals surface area contributed by atoms with Crippen molar-refractivity contribution >= 4 is 67.4 Å². The molecule has 2 aromatic carbocycles. The molecule has 0 radical (unpaired) electrons. The second-order valence-corrected chi connectivity index (χ2v) is 7.93. The number of hydrogen-bond donors (Lipinski definition) is 3. The van der Waals surface area contributed by atoms with E-state index in [1.165, 1.54) is 0 Å². The van der Waals surface area contributed by atoms with E-state index in [1.807, 2.05) is 0 Å². The van der Waals surface area contributed by atoms with Gasteiger partial charge in [-0.2, -0.15) is 0 Å². The highest BCUT2D eigenvalue weighted by atomic mass is 127. The molecule has 0 bridgehead atoms. The van der Waals surface area contributed by atoms with Crippen molar-refractivity contribution in [2.45, 2.75) is 19.4 Å². The summed E-state index contributed by atoms with van der Waals surface area (Å²) in [7, 11) is 0. The normalized spacial score (nSPS) is 12.0. The molecule has 0 aliphatic rings. The van der Waals surface area contributed by atoms with Crippen molar-refractivity contribution < 1.29 is 23.5 Å². The van der Waals surface area contributed by atoms with E-state index in [0.29, 0.717) is 12.1 Å². The van der Waals surface area contributed by atoms with Crippen LogP contribution in [-0.2, 0) is 4.84 Å². The largest absolute Gasteiger partial charge is 0.394 e. The molecule has 1 unspecified atom stereocenters. The monoisotopic (exact) mass is 574 g/mol. The summed E-state index contributed by atoms with van der Waals surface area (Å²) in [6.45, 7) is 1.45. The molecule has 1 amide bonds. The summed E-state index contributed by atoms with van der Waals surface area (Å²) in [5.74, 6) is -3.22. The minimum Gasteiger partial charge on any atom is -0.394 e. The van der Waals surface area contributed by atoms with Crippen LogP contribution in [0.5, 0.6) is 0 Å². The van der Waals surface area contributed by atoms with Crippen LogP contribution in [0.15, 0.2) is 28.7 Å². The van der Waals surface area contributed by atoms with Crippen LogP contribution in [-0.4, -0.2) is 23.7 Å². The predicted molar refractivity (Wildman–Crippen MR) is 111 cm³/mol. The fraction of sp³-hybridized carbons (Fsp3) is 0.235. The molecule has 5 nitrogen and oxygen atoms in total. The Bertz CT molecular complexity index is 853. The van der Waals surface area contributed by atoms with E-state index in [-0.39, 0.29) is 21.7 Å². The summed E-state index contributed by atoms with van der Waals surface area (Å²) >= 11 is 11.1. The number of aliphatic hydroxyl groups is 1. The molecule has 0 aliphatic heterocycles. The van der Waals surface area contributed by atoms with Crippen LogP contribution < -0.4 is 10.8 Å². The zero-order valence-corrected chi connectivity index (χ0v) is 18.5. The lowest BCUT2D eigenvalue weighted by Crippen LogP contribution is -2.31. The molecule has 2 rings (SSSR count). The number of nitrogens with one attached hydrogen (secondary N) is 2. The fourth-order valence-corrected chi connectivity index (χ4v) is 3.37. The van der Waals surface area contributed by atoms with Gasteiger partial charge in [-0.05, 0) is 69.2 Å². The van der Waals surface area contributed by atoms with Gasteiger partial charge in [-0.25, -0.2) is 14.3 Å². The third-order valence-corrected chi connectivity index (χ3v) is 5.14. The quantitative estimate of drug-likeness (QED) is 0.242. The van der Waals surface area contributed by atoms with E-state index >= 15 is 0 Å². The van der Waals surface area contributed by atoms with Crippen LogP contribution in [0.4, 0.5) is 20.2 Å². The second-order valence-electron chi connectivity index (χ2n) is 5.42. The molecule has 0 aromatic heterocycles. The molecule has 146 valence electrons. The van der Waals surface area contributed by atoms with Crippen LogP contribution in [0, 0.1) is 15.2 Å². The van der Waals surface area contributed by atoms with Gasteiger partial charge in [0.05, 0.1) is 33.0 Å². The number of aliphatic hydroxyl groups excluding tert-OH is 1. The molecule has 0 spiro atoms. The Morgan fingerprint density at radius 2 is 2.07 bits per heavy atom. The zero-order valence-electron chi connectivity index (χ0n) is 14.0. The number of hydroxylamine groups is 1. The maximum Gasteiger partial charge on any atom is 0.277 e. The Morgan fingerprint density at radius 3 is 2.67 bits per heavy atom. The number of rotatable bonds is 7. The van der Waals surface area contributed by atoms with Crippen LogP contribution in [0.3, 0.4) is 0 Å². The molecule has 2 aromatic rings. The summed E-state index contributed by atoms with van der Waals surface area (Å²) < 4.78 is 29.2. The van der Waals surface area contributed by atoms with Gasteiger partial charge in [0.15, 0.2) is 11.6 Å². The molecule has 3 N–H and O–H groups in total. The van der Waals surface area contributed by atoms with Crippen molar-refractivity contribution in [1.29, 1.82) is 0 Å². The highest BCUT2D eigenvalue weighted by molar-refractivity contribution is 14.1. The van der Waals surface area contributed by atoms with Crippen molar-refractivity contribution in [3.63, 3.8) is 0 Å². The first-order valence-electron chi connectivity index (χ1n) is 7.74. The Hall–Kier alpha value is -1.01. The molecule has 0 heterocycles. The van der Waals surface area contributed by atoms with E-state index in [1.54, 1.807) is 25.1 Å². The van der Waals surface area contributed by atoms with Gasteiger partial charge in [0.1, 0.15) is 6.10 Å². The van der Waals surface area contributed by atoms with Crippen molar-refractivity contribution in [1.82, 2.24) is 5.48 Å². The second kappa shape index (κ2) is 9.97. The molecular formula is C17H15BrClF2IN2O3. The van der Waals surface area contributed by atoms with Crippen molar-refractivity contribution in [2.24, 2.45) is 0 Å². The summed E-state index contributed by atoms with van der Waals surface area (Å²) in [5.41, 5.74) is 1.84. The van der Waals surface area contributed by atoms with E-state index in [9.17, 15) is 13.6 Å². The number of carbonyl (C=O) groups excluding carboxylic acids is 1. The van der Waals surface area contributed by atoms with E-state index < -0.39 is 29.3 Å². The number of halogens is 5. The molecule has 27 heavy (non-hydrogen) atoms. The molecule has 0 saturated carbocycles. The predicted octanol–water partition coefficient (Wildman–Crippen LogP) is 5.16. The van der Waals surface area contributed by atoms with E-state index in [2.05, 4.69) is 49.3 Å². The van der Waals surface area contributed by atoms with Crippen molar-refractivity contribution in [2.75, 3.05) is 11.9 Å². The van der Waals surface area contributed by atoms with Gasteiger partial charge in [-0.1, -0.05) is 18.5 Å². The van der Waals surface area contributed by atoms with Crippen molar-refractivity contribution in [3.05, 3.63) is 54.5 Å². The average molecular weight is 576 g/mol. The van der Waals surface area contributed by atoms with Crippen LogP contribution >= 0.6 is 50.1 Å². The standard InChI is InChI=1S/C17H15BrClF2IN2O3/c1-2-9(7-25)27-24-17(26)10-6-11(18)14(20)15(21)16(10)23-13-4-3-8(22)5-12(13)19/h3-6,9,23,25H,2,7H2,1H3,(H,24,26). The van der Waals surface area contributed by atoms with Crippen LogP contribution in [0.2, 0.25) is 5.02 Å². The minimum absolute atomic E-state index is 0.205. The number of amides is 1. The van der Waals surface area contributed by atoms with Gasteiger partial charge in [-0.15, -0.1) is 0 Å². The Morgan fingerprint density at radius 1 is 1.37 bits per heavy atom. The lowest BCUT2D eigenvalue weighted by Gasteiger charge is -2.17. The summed E-state index contributed by atoms with van der Waals surface area (Å²) in [6, 6.07) is 6.06. The maximum absolute atomic E-state index is 14.5. The van der Waals surface area contributed by atoms with Gasteiger partial charge >= 0.3 is 0 Å².